The van der Waals surface area contributed by atoms with E-state index in [2.05, 4.69) is 10.0 Å². The van der Waals surface area contributed by atoms with E-state index in [4.69, 9.17) is 4.42 Å². The van der Waals surface area contributed by atoms with Crippen molar-refractivity contribution in [3.63, 3.8) is 0 Å². The second-order valence-electron chi connectivity index (χ2n) is 6.89. The number of Topliss-reactive ketones (excluding diaryl/α,β-unsaturated/α-hetero) is 1. The van der Waals surface area contributed by atoms with Crippen molar-refractivity contribution in [1.29, 1.82) is 0 Å². The molecule has 144 valence electrons. The van der Waals surface area contributed by atoms with Gasteiger partial charge in [-0.15, -0.1) is 0 Å². The quantitative estimate of drug-likeness (QED) is 0.816. The molecule has 1 aromatic heterocycles. The minimum atomic E-state index is -3.59. The molecular weight excluding hydrogens is 368 g/mol. The van der Waals surface area contributed by atoms with Crippen LogP contribution in [0, 0.1) is 6.92 Å². The predicted molar refractivity (Wildman–Crippen MR) is 101 cm³/mol. The molecule has 1 aromatic carbocycles. The number of sulfonamides is 1. The molecular formula is C19H22N2O5S. The number of furan rings is 1. The second kappa shape index (κ2) is 7.28. The van der Waals surface area contributed by atoms with E-state index < -0.39 is 15.9 Å². The fourth-order valence-corrected chi connectivity index (χ4v) is 4.40. The topological polar surface area (TPSA) is 105 Å². The molecule has 0 atom stereocenters. The maximum absolute atomic E-state index is 12.5. The lowest BCUT2D eigenvalue weighted by molar-refractivity contribution is 0.0963. The third-order valence-corrected chi connectivity index (χ3v) is 6.00. The van der Waals surface area contributed by atoms with Gasteiger partial charge in [-0.3, -0.25) is 9.59 Å². The maximum Gasteiger partial charge on any atom is 0.291 e. The molecule has 0 spiro atoms. The molecule has 1 aliphatic carbocycles. The van der Waals surface area contributed by atoms with Gasteiger partial charge < -0.3 is 9.73 Å². The van der Waals surface area contributed by atoms with Crippen LogP contribution in [0.3, 0.4) is 0 Å². The summed E-state index contributed by atoms with van der Waals surface area (Å²) in [6.45, 7) is 5.18. The van der Waals surface area contributed by atoms with Gasteiger partial charge in [-0.2, -0.15) is 0 Å². The van der Waals surface area contributed by atoms with Crippen LogP contribution in [0.5, 0.6) is 0 Å². The van der Waals surface area contributed by atoms with Crippen LogP contribution in [0.4, 0.5) is 5.69 Å². The highest BCUT2D eigenvalue weighted by Crippen LogP contribution is 2.29. The van der Waals surface area contributed by atoms with Gasteiger partial charge in [0.1, 0.15) is 5.76 Å². The minimum Gasteiger partial charge on any atom is -0.455 e. The van der Waals surface area contributed by atoms with Gasteiger partial charge in [-0.05, 0) is 51.5 Å². The largest absolute Gasteiger partial charge is 0.455 e. The lowest BCUT2D eigenvalue weighted by Crippen LogP contribution is -2.30. The molecule has 0 unspecified atom stereocenters. The first-order valence-electron chi connectivity index (χ1n) is 8.78. The van der Waals surface area contributed by atoms with Gasteiger partial charge >= 0.3 is 0 Å². The molecule has 0 radical (unpaired) electrons. The van der Waals surface area contributed by atoms with Gasteiger partial charge in [-0.1, -0.05) is 0 Å². The summed E-state index contributed by atoms with van der Waals surface area (Å²) in [4.78, 5) is 24.7. The normalized spacial score (nSPS) is 14.3. The van der Waals surface area contributed by atoms with Gasteiger partial charge in [-0.25, -0.2) is 13.1 Å². The number of fused-ring (bicyclic) bond motifs is 1. The van der Waals surface area contributed by atoms with Crippen LogP contribution < -0.4 is 10.0 Å². The van der Waals surface area contributed by atoms with Crippen LogP contribution in [-0.4, -0.2) is 26.2 Å². The van der Waals surface area contributed by atoms with Crippen LogP contribution >= 0.6 is 0 Å². The van der Waals surface area contributed by atoms with Crippen molar-refractivity contribution in [2.45, 2.75) is 51.0 Å². The van der Waals surface area contributed by atoms with Crippen molar-refractivity contribution < 1.29 is 22.4 Å². The van der Waals surface area contributed by atoms with E-state index in [0.29, 0.717) is 35.4 Å². The first-order chi connectivity index (χ1) is 12.7. The van der Waals surface area contributed by atoms with E-state index in [1.807, 2.05) is 0 Å². The molecule has 0 fully saturated rings. The summed E-state index contributed by atoms with van der Waals surface area (Å²) < 4.78 is 32.4. The summed E-state index contributed by atoms with van der Waals surface area (Å²) in [5.74, 6) is 0.220. The Labute approximate surface area is 158 Å². The zero-order chi connectivity index (χ0) is 19.8. The Balaban J connectivity index is 1.78. The molecule has 1 aliphatic rings. The van der Waals surface area contributed by atoms with E-state index in [1.165, 1.54) is 24.3 Å². The number of benzene rings is 1. The Bertz CT molecular complexity index is 988. The average Bonchev–Trinajstić information content (AvgIpc) is 2.92. The molecule has 0 saturated carbocycles. The number of ketones is 1. The first-order valence-corrected chi connectivity index (χ1v) is 10.3. The van der Waals surface area contributed by atoms with Crippen molar-refractivity contribution in [2.75, 3.05) is 5.32 Å². The molecule has 2 aromatic rings. The number of carbonyl (C=O) groups excluding carboxylic acids is 2. The number of nitrogens with one attached hydrogen (secondary N) is 2. The zero-order valence-electron chi connectivity index (χ0n) is 15.5. The van der Waals surface area contributed by atoms with E-state index in [0.717, 1.165) is 6.42 Å². The maximum atomic E-state index is 12.5. The highest BCUT2D eigenvalue weighted by atomic mass is 32.2. The Morgan fingerprint density at radius 3 is 2.41 bits per heavy atom. The summed E-state index contributed by atoms with van der Waals surface area (Å²) in [6, 6.07) is 5.64. The Morgan fingerprint density at radius 2 is 1.81 bits per heavy atom. The van der Waals surface area contributed by atoms with Gasteiger partial charge in [0.05, 0.1) is 10.5 Å². The number of rotatable bonds is 5. The lowest BCUT2D eigenvalue weighted by Gasteiger charge is -2.10. The summed E-state index contributed by atoms with van der Waals surface area (Å²) in [5, 5.41) is 2.68. The lowest BCUT2D eigenvalue weighted by atomic mass is 9.94. The second-order valence-corrected chi connectivity index (χ2v) is 8.60. The van der Waals surface area contributed by atoms with Crippen molar-refractivity contribution in [3.05, 3.63) is 46.9 Å². The number of amides is 1. The molecule has 1 heterocycles. The molecule has 27 heavy (non-hydrogen) atoms. The molecule has 0 saturated heterocycles. The Morgan fingerprint density at radius 1 is 1.15 bits per heavy atom. The molecule has 2 N–H and O–H groups in total. The molecule has 1 amide bonds. The van der Waals surface area contributed by atoms with Crippen molar-refractivity contribution in [2.24, 2.45) is 0 Å². The molecule has 0 bridgehead atoms. The highest BCUT2D eigenvalue weighted by Gasteiger charge is 2.28. The van der Waals surface area contributed by atoms with Crippen molar-refractivity contribution >= 4 is 27.4 Å². The van der Waals surface area contributed by atoms with Crippen LogP contribution in [0.1, 0.15) is 58.9 Å². The molecule has 7 nitrogen and oxygen atoms in total. The van der Waals surface area contributed by atoms with Gasteiger partial charge in [0.15, 0.2) is 11.5 Å². The number of aryl methyl sites for hydroxylation is 1. The standard InChI is InChI=1S/C19H22N2O5S/c1-11(2)21-27(24,25)14-9-7-13(8-10-14)20-19(23)18-12(3)17-15(22)5-4-6-16(17)26-18/h7-11,21H,4-6H2,1-3H3,(H,20,23). The predicted octanol–water partition coefficient (Wildman–Crippen LogP) is 3.05. The third kappa shape index (κ3) is 3.96. The van der Waals surface area contributed by atoms with Crippen molar-refractivity contribution in [1.82, 2.24) is 4.72 Å². The summed E-state index contributed by atoms with van der Waals surface area (Å²) in [5.41, 5.74) is 1.50. The van der Waals surface area contributed by atoms with Gasteiger partial charge in [0, 0.05) is 30.1 Å². The number of carbonyl (C=O) groups is 2. The summed E-state index contributed by atoms with van der Waals surface area (Å²) >= 11 is 0. The minimum absolute atomic E-state index is 0.00348. The van der Waals surface area contributed by atoms with Gasteiger partial charge in [0.25, 0.3) is 5.91 Å². The molecule has 0 aliphatic heterocycles. The Hall–Kier alpha value is -2.45. The third-order valence-electron chi connectivity index (χ3n) is 4.33. The monoisotopic (exact) mass is 390 g/mol. The molecule has 3 rings (SSSR count). The summed E-state index contributed by atoms with van der Waals surface area (Å²) in [7, 11) is -3.59. The van der Waals surface area contributed by atoms with Crippen LogP contribution in [-0.2, 0) is 16.4 Å². The van der Waals surface area contributed by atoms with Crippen molar-refractivity contribution in [3.8, 4) is 0 Å². The highest BCUT2D eigenvalue weighted by molar-refractivity contribution is 7.89. The van der Waals surface area contributed by atoms with E-state index >= 15 is 0 Å². The van der Waals surface area contributed by atoms with E-state index in [9.17, 15) is 18.0 Å². The van der Waals surface area contributed by atoms with Crippen LogP contribution in [0.15, 0.2) is 33.6 Å². The SMILES string of the molecule is Cc1c(C(=O)Nc2ccc(S(=O)(=O)NC(C)C)cc2)oc2c1C(=O)CCC2. The first kappa shape index (κ1) is 19.3. The van der Waals surface area contributed by atoms with E-state index in [1.54, 1.807) is 20.8 Å². The molecule has 8 heteroatoms. The van der Waals surface area contributed by atoms with Crippen LogP contribution in [0.25, 0.3) is 0 Å². The zero-order valence-corrected chi connectivity index (χ0v) is 16.3. The fraction of sp³-hybridized carbons (Fsp3) is 0.368. The van der Waals surface area contributed by atoms with Gasteiger partial charge in [0.2, 0.25) is 10.0 Å². The number of hydrogen-bond donors (Lipinski definition) is 2. The Kier molecular flexibility index (Phi) is 5.21. The summed E-state index contributed by atoms with van der Waals surface area (Å²) in [6.07, 6.45) is 1.83. The fourth-order valence-electron chi connectivity index (χ4n) is 3.15. The average molecular weight is 390 g/mol. The van der Waals surface area contributed by atoms with E-state index in [-0.39, 0.29) is 22.5 Å². The smallest absolute Gasteiger partial charge is 0.291 e. The number of hydrogen-bond acceptors (Lipinski definition) is 5. The van der Waals surface area contributed by atoms with Crippen LogP contribution in [0.2, 0.25) is 0 Å². The number of anilines is 1.